The molecule has 0 aliphatic carbocycles. The zero-order valence-electron chi connectivity index (χ0n) is 47.7. The Kier molecular flexibility index (Phi) is 57.8. The first-order valence-corrected chi connectivity index (χ1v) is 30.9. The Labute approximate surface area is 446 Å². The van der Waals surface area contributed by atoms with Crippen LogP contribution in [0.1, 0.15) is 310 Å². The lowest BCUT2D eigenvalue weighted by Crippen LogP contribution is -2.30. The summed E-state index contributed by atoms with van der Waals surface area (Å²) in [7, 11) is 0. The molecule has 0 spiro atoms. The summed E-state index contributed by atoms with van der Waals surface area (Å²) in [6, 6.07) is 0. The maximum absolute atomic E-state index is 12.9. The molecule has 0 bridgehead atoms. The summed E-state index contributed by atoms with van der Waals surface area (Å²) < 4.78 is 16.9. The minimum atomic E-state index is -0.790. The Bertz CT molecular complexity index is 1340. The summed E-state index contributed by atoms with van der Waals surface area (Å²) in [4.78, 5) is 38.3. The van der Waals surface area contributed by atoms with E-state index in [1.807, 2.05) is 0 Å². The van der Waals surface area contributed by atoms with Crippen LogP contribution in [0.25, 0.3) is 0 Å². The van der Waals surface area contributed by atoms with Gasteiger partial charge in [-0.2, -0.15) is 0 Å². The van der Waals surface area contributed by atoms with Gasteiger partial charge >= 0.3 is 17.9 Å². The van der Waals surface area contributed by atoms with Gasteiger partial charge in [-0.3, -0.25) is 14.4 Å². The number of esters is 3. The minimum Gasteiger partial charge on any atom is -0.462 e. The van der Waals surface area contributed by atoms with E-state index >= 15 is 0 Å². The predicted molar refractivity (Wildman–Crippen MR) is 311 cm³/mol. The van der Waals surface area contributed by atoms with Crippen LogP contribution in [0.15, 0.2) is 72.9 Å². The number of carbonyl (C=O) groups is 3. The van der Waals surface area contributed by atoms with Crippen LogP contribution in [0, 0.1) is 0 Å². The SMILES string of the molecule is CCCCC/C=C\C/C=C\CCCCCCCC(=O)OCC(COC(=O)CCCCCCCC/C=C\C/C=C\C/C=C\CCCCCCC)OC(=O)CCCCCCCCC/C=C\CCCCCCCCC. The van der Waals surface area contributed by atoms with Crippen molar-refractivity contribution in [3.63, 3.8) is 0 Å². The number of hydrogen-bond acceptors (Lipinski definition) is 6. The smallest absolute Gasteiger partial charge is 0.306 e. The predicted octanol–water partition coefficient (Wildman–Crippen LogP) is 20.9. The summed E-state index contributed by atoms with van der Waals surface area (Å²) in [5.41, 5.74) is 0. The van der Waals surface area contributed by atoms with Gasteiger partial charge in [0, 0.05) is 19.3 Å². The summed E-state index contributed by atoms with van der Waals surface area (Å²) >= 11 is 0. The molecule has 0 aromatic rings. The normalized spacial score (nSPS) is 12.5. The Morgan fingerprint density at radius 1 is 0.278 bits per heavy atom. The lowest BCUT2D eigenvalue weighted by Gasteiger charge is -2.18. The largest absolute Gasteiger partial charge is 0.462 e. The van der Waals surface area contributed by atoms with Crippen LogP contribution >= 0.6 is 0 Å². The maximum Gasteiger partial charge on any atom is 0.306 e. The van der Waals surface area contributed by atoms with Gasteiger partial charge in [0.25, 0.3) is 0 Å². The summed E-state index contributed by atoms with van der Waals surface area (Å²) in [5, 5.41) is 0. The monoisotopic (exact) mass is 1000 g/mol. The molecule has 0 N–H and O–H groups in total. The highest BCUT2D eigenvalue weighted by Crippen LogP contribution is 2.15. The van der Waals surface area contributed by atoms with E-state index in [0.29, 0.717) is 19.3 Å². The molecule has 0 aliphatic heterocycles. The van der Waals surface area contributed by atoms with Gasteiger partial charge in [0.15, 0.2) is 6.10 Å². The molecule has 0 saturated carbocycles. The molecule has 0 amide bonds. The van der Waals surface area contributed by atoms with Crippen LogP contribution < -0.4 is 0 Å². The van der Waals surface area contributed by atoms with Crippen LogP contribution in [-0.2, 0) is 28.6 Å². The second-order valence-corrected chi connectivity index (χ2v) is 20.6. The molecule has 0 aromatic heterocycles. The second kappa shape index (κ2) is 60.4. The number of carbonyl (C=O) groups excluding carboxylic acids is 3. The average molecular weight is 1010 g/mol. The Morgan fingerprint density at radius 3 is 0.819 bits per heavy atom. The number of allylic oxidation sites excluding steroid dienone is 12. The van der Waals surface area contributed by atoms with Gasteiger partial charge in [0.1, 0.15) is 13.2 Å². The van der Waals surface area contributed by atoms with Crippen molar-refractivity contribution >= 4 is 17.9 Å². The van der Waals surface area contributed by atoms with E-state index in [4.69, 9.17) is 14.2 Å². The molecule has 0 saturated heterocycles. The molecule has 0 heterocycles. The standard InChI is InChI=1S/C66H116O6/c1-4-7-10-13-16-19-22-25-28-30-32-33-34-36-38-41-44-47-50-53-56-59-65(68)71-62-63(61-70-64(67)58-55-52-49-46-43-40-37-27-24-21-18-15-12-9-6-3)72-66(69)60-57-54-51-48-45-42-39-35-31-29-26-23-20-17-14-11-8-5-2/h18,21-22,25,27,29-32,34,36-37,63H,4-17,19-20,23-24,26,28,33,35,38-62H2,1-3H3/b21-18-,25-22-,31-29-,32-30-,36-34-,37-27-. The minimum absolute atomic E-state index is 0.0878. The molecule has 1 atom stereocenters. The zero-order valence-corrected chi connectivity index (χ0v) is 47.7. The van der Waals surface area contributed by atoms with Gasteiger partial charge in [-0.1, -0.05) is 248 Å². The second-order valence-electron chi connectivity index (χ2n) is 20.6. The lowest BCUT2D eigenvalue weighted by molar-refractivity contribution is -0.167. The van der Waals surface area contributed by atoms with Gasteiger partial charge in [0.05, 0.1) is 0 Å². The van der Waals surface area contributed by atoms with Crippen molar-refractivity contribution < 1.29 is 28.6 Å². The molecular formula is C66H116O6. The van der Waals surface area contributed by atoms with E-state index in [9.17, 15) is 14.4 Å². The first kappa shape index (κ1) is 68.8. The number of rotatable bonds is 56. The topological polar surface area (TPSA) is 78.9 Å². The van der Waals surface area contributed by atoms with Gasteiger partial charge < -0.3 is 14.2 Å². The Morgan fingerprint density at radius 2 is 0.500 bits per heavy atom. The van der Waals surface area contributed by atoms with E-state index < -0.39 is 6.10 Å². The summed E-state index contributed by atoms with van der Waals surface area (Å²) in [5.74, 6) is -0.906. The van der Waals surface area contributed by atoms with E-state index in [1.54, 1.807) is 0 Å². The maximum atomic E-state index is 12.9. The molecule has 6 heteroatoms. The van der Waals surface area contributed by atoms with E-state index in [0.717, 1.165) is 96.3 Å². The van der Waals surface area contributed by atoms with Gasteiger partial charge in [0.2, 0.25) is 0 Å². The summed E-state index contributed by atoms with van der Waals surface area (Å²) in [6.45, 7) is 6.60. The number of ether oxygens (including phenoxy) is 3. The molecule has 0 aromatic carbocycles. The fourth-order valence-corrected chi connectivity index (χ4v) is 8.71. The quantitative estimate of drug-likeness (QED) is 0.0261. The molecule has 72 heavy (non-hydrogen) atoms. The van der Waals surface area contributed by atoms with Crippen molar-refractivity contribution in [2.45, 2.75) is 316 Å². The molecule has 0 rings (SSSR count). The molecule has 0 fully saturated rings. The van der Waals surface area contributed by atoms with Crippen molar-refractivity contribution in [2.75, 3.05) is 13.2 Å². The third-order valence-corrected chi connectivity index (χ3v) is 13.4. The number of hydrogen-bond donors (Lipinski definition) is 0. The van der Waals surface area contributed by atoms with Crippen molar-refractivity contribution in [1.82, 2.24) is 0 Å². The fraction of sp³-hybridized carbons (Fsp3) is 0.773. The van der Waals surface area contributed by atoms with Crippen LogP contribution in [0.4, 0.5) is 0 Å². The van der Waals surface area contributed by atoms with Crippen molar-refractivity contribution in [2.24, 2.45) is 0 Å². The Balaban J connectivity index is 4.41. The van der Waals surface area contributed by atoms with Crippen molar-refractivity contribution in [3.05, 3.63) is 72.9 Å². The van der Waals surface area contributed by atoms with Crippen LogP contribution in [0.5, 0.6) is 0 Å². The van der Waals surface area contributed by atoms with Crippen LogP contribution in [-0.4, -0.2) is 37.2 Å². The highest BCUT2D eigenvalue weighted by molar-refractivity contribution is 5.71. The molecule has 0 radical (unpaired) electrons. The average Bonchev–Trinajstić information content (AvgIpc) is 3.38. The molecule has 416 valence electrons. The van der Waals surface area contributed by atoms with Crippen molar-refractivity contribution in [3.8, 4) is 0 Å². The zero-order chi connectivity index (χ0) is 52.2. The third-order valence-electron chi connectivity index (χ3n) is 13.4. The first-order valence-electron chi connectivity index (χ1n) is 30.9. The van der Waals surface area contributed by atoms with Crippen LogP contribution in [0.3, 0.4) is 0 Å². The molecule has 6 nitrogen and oxygen atoms in total. The van der Waals surface area contributed by atoms with Crippen LogP contribution in [0.2, 0.25) is 0 Å². The highest BCUT2D eigenvalue weighted by Gasteiger charge is 2.19. The van der Waals surface area contributed by atoms with Gasteiger partial charge in [-0.15, -0.1) is 0 Å². The molecule has 0 aliphatic rings. The lowest BCUT2D eigenvalue weighted by atomic mass is 10.1. The Hall–Kier alpha value is -3.15. The van der Waals surface area contributed by atoms with Gasteiger partial charge in [-0.05, 0) is 116 Å². The highest BCUT2D eigenvalue weighted by atomic mass is 16.6. The first-order chi connectivity index (χ1) is 35.5. The number of unbranched alkanes of at least 4 members (excludes halogenated alkanes) is 33. The molecular weight excluding hydrogens is 889 g/mol. The third kappa shape index (κ3) is 57.7. The summed E-state index contributed by atoms with van der Waals surface area (Å²) in [6.07, 6.45) is 77.5. The van der Waals surface area contributed by atoms with E-state index in [-0.39, 0.29) is 31.1 Å². The van der Waals surface area contributed by atoms with E-state index in [1.165, 1.54) is 173 Å². The van der Waals surface area contributed by atoms with Gasteiger partial charge in [-0.25, -0.2) is 0 Å². The molecule has 1 unspecified atom stereocenters. The van der Waals surface area contributed by atoms with Crippen molar-refractivity contribution in [1.29, 1.82) is 0 Å². The van der Waals surface area contributed by atoms with E-state index in [2.05, 4.69) is 93.7 Å². The fourth-order valence-electron chi connectivity index (χ4n) is 8.71.